The smallest absolute Gasteiger partial charge is 0.257 e. The van der Waals surface area contributed by atoms with E-state index in [-0.39, 0.29) is 5.91 Å². The third-order valence-electron chi connectivity index (χ3n) is 2.82. The van der Waals surface area contributed by atoms with Crippen LogP contribution in [0.25, 0.3) is 11.5 Å². The van der Waals surface area contributed by atoms with Crippen molar-refractivity contribution in [3.8, 4) is 17.6 Å². The predicted octanol–water partition coefficient (Wildman–Crippen LogP) is 2.72. The number of nitrogens with one attached hydrogen (secondary N) is 1. The Kier molecular flexibility index (Phi) is 3.85. The van der Waals surface area contributed by atoms with E-state index in [4.69, 9.17) is 5.26 Å². The molecule has 0 unspecified atom stereocenters. The van der Waals surface area contributed by atoms with Crippen molar-refractivity contribution in [2.75, 3.05) is 5.32 Å². The first-order valence-electron chi connectivity index (χ1n) is 6.33. The second-order valence-corrected chi connectivity index (χ2v) is 5.03. The molecule has 1 N–H and O–H groups in total. The molecule has 22 heavy (non-hydrogen) atoms. The molecular weight excluding hydrogens is 298 g/mol. The lowest BCUT2D eigenvalue weighted by Crippen LogP contribution is -2.11. The number of rotatable bonds is 3. The molecule has 0 aliphatic carbocycles. The minimum atomic E-state index is -0.298. The van der Waals surface area contributed by atoms with E-state index in [9.17, 15) is 4.79 Å². The lowest BCUT2D eigenvalue weighted by atomic mass is 10.1. The van der Waals surface area contributed by atoms with Crippen molar-refractivity contribution in [3.63, 3.8) is 0 Å². The van der Waals surface area contributed by atoms with Crippen LogP contribution >= 0.6 is 11.5 Å². The normalized spacial score (nSPS) is 9.95. The van der Waals surface area contributed by atoms with Crippen LogP contribution in [0.4, 0.5) is 5.13 Å². The maximum Gasteiger partial charge on any atom is 0.257 e. The summed E-state index contributed by atoms with van der Waals surface area (Å²) in [6.07, 6.45) is 1.66. The van der Waals surface area contributed by atoms with Crippen LogP contribution in [0.3, 0.4) is 0 Å². The summed E-state index contributed by atoms with van der Waals surface area (Å²) >= 11 is 1.09. The minimum Gasteiger partial charge on any atom is -0.297 e. The monoisotopic (exact) mass is 307 g/mol. The summed E-state index contributed by atoms with van der Waals surface area (Å²) in [5, 5.41) is 11.8. The number of anilines is 1. The van der Waals surface area contributed by atoms with Crippen molar-refractivity contribution in [1.29, 1.82) is 5.26 Å². The van der Waals surface area contributed by atoms with Gasteiger partial charge in [-0.25, -0.2) is 0 Å². The van der Waals surface area contributed by atoms with Gasteiger partial charge >= 0.3 is 0 Å². The Labute approximate surface area is 130 Å². The van der Waals surface area contributed by atoms with Crippen molar-refractivity contribution in [2.45, 2.75) is 0 Å². The quantitative estimate of drug-likeness (QED) is 0.803. The van der Waals surface area contributed by atoms with E-state index in [0.29, 0.717) is 27.8 Å². The van der Waals surface area contributed by atoms with Gasteiger partial charge in [0, 0.05) is 23.3 Å². The first-order chi connectivity index (χ1) is 10.8. The van der Waals surface area contributed by atoms with Crippen LogP contribution < -0.4 is 5.32 Å². The van der Waals surface area contributed by atoms with Gasteiger partial charge in [0.2, 0.25) is 5.13 Å². The summed E-state index contributed by atoms with van der Waals surface area (Å²) in [5.41, 5.74) is 1.61. The number of hydrogen-bond acceptors (Lipinski definition) is 6. The van der Waals surface area contributed by atoms with Crippen LogP contribution in [0.2, 0.25) is 0 Å². The van der Waals surface area contributed by atoms with Crippen molar-refractivity contribution < 1.29 is 4.79 Å². The maximum atomic E-state index is 12.1. The number of pyridine rings is 1. The zero-order valence-electron chi connectivity index (χ0n) is 11.2. The Bertz CT molecular complexity index is 836. The molecule has 2 aromatic heterocycles. The molecule has 1 aromatic carbocycles. The highest BCUT2D eigenvalue weighted by Gasteiger charge is 2.11. The lowest BCUT2D eigenvalue weighted by molar-refractivity contribution is 0.102. The van der Waals surface area contributed by atoms with E-state index >= 15 is 0 Å². The van der Waals surface area contributed by atoms with Crippen molar-refractivity contribution in [1.82, 2.24) is 14.3 Å². The summed E-state index contributed by atoms with van der Waals surface area (Å²) < 4.78 is 4.17. The standard InChI is InChI=1S/C15H9N5OS/c16-9-10-4-6-11(7-5-10)14(21)19-15-18-13(20-22-15)12-3-1-2-8-17-12/h1-8H,(H,18,19,20,21). The van der Waals surface area contributed by atoms with Gasteiger partial charge in [-0.1, -0.05) is 6.07 Å². The highest BCUT2D eigenvalue weighted by atomic mass is 32.1. The first kappa shape index (κ1) is 13.9. The van der Waals surface area contributed by atoms with Gasteiger partial charge in [0.1, 0.15) is 5.69 Å². The molecule has 0 saturated carbocycles. The second-order valence-electron chi connectivity index (χ2n) is 4.28. The fourth-order valence-electron chi connectivity index (χ4n) is 1.74. The number of carbonyl (C=O) groups excluding carboxylic acids is 1. The van der Waals surface area contributed by atoms with E-state index in [2.05, 4.69) is 19.7 Å². The van der Waals surface area contributed by atoms with Gasteiger partial charge in [-0.15, -0.1) is 0 Å². The fraction of sp³-hybridized carbons (Fsp3) is 0. The molecular formula is C15H9N5OS. The lowest BCUT2D eigenvalue weighted by Gasteiger charge is -2.00. The molecule has 0 aliphatic heterocycles. The molecule has 0 saturated heterocycles. The zero-order valence-corrected chi connectivity index (χ0v) is 12.0. The van der Waals surface area contributed by atoms with E-state index < -0.39 is 0 Å². The van der Waals surface area contributed by atoms with Crippen LogP contribution in [0, 0.1) is 11.3 Å². The summed E-state index contributed by atoms with van der Waals surface area (Å²) in [4.78, 5) is 20.5. The average molecular weight is 307 g/mol. The molecule has 2 heterocycles. The Morgan fingerprint density at radius 2 is 2.00 bits per heavy atom. The molecule has 0 atom stereocenters. The first-order valence-corrected chi connectivity index (χ1v) is 7.10. The highest BCUT2D eigenvalue weighted by molar-refractivity contribution is 7.10. The summed E-state index contributed by atoms with van der Waals surface area (Å²) in [6, 6.07) is 13.8. The van der Waals surface area contributed by atoms with Gasteiger partial charge in [-0.2, -0.15) is 14.6 Å². The van der Waals surface area contributed by atoms with E-state index in [1.165, 1.54) is 0 Å². The number of nitriles is 1. The van der Waals surface area contributed by atoms with Gasteiger partial charge in [-0.05, 0) is 36.4 Å². The number of carbonyl (C=O) groups is 1. The Morgan fingerprint density at radius 1 is 1.18 bits per heavy atom. The molecule has 0 aliphatic rings. The maximum absolute atomic E-state index is 12.1. The van der Waals surface area contributed by atoms with E-state index in [1.807, 2.05) is 18.2 Å². The Hall–Kier alpha value is -3.11. The third kappa shape index (κ3) is 2.97. The molecule has 0 bridgehead atoms. The number of aromatic nitrogens is 3. The Morgan fingerprint density at radius 3 is 2.68 bits per heavy atom. The largest absolute Gasteiger partial charge is 0.297 e. The molecule has 0 fully saturated rings. The van der Waals surface area contributed by atoms with Crippen LogP contribution in [0.15, 0.2) is 48.7 Å². The Balaban J connectivity index is 1.74. The van der Waals surface area contributed by atoms with Crippen LogP contribution in [-0.4, -0.2) is 20.2 Å². The van der Waals surface area contributed by atoms with Crippen LogP contribution in [0.1, 0.15) is 15.9 Å². The predicted molar refractivity (Wildman–Crippen MR) is 82.3 cm³/mol. The molecule has 106 valence electrons. The summed E-state index contributed by atoms with van der Waals surface area (Å²) in [5.74, 6) is 0.175. The summed E-state index contributed by atoms with van der Waals surface area (Å²) in [6.45, 7) is 0. The van der Waals surface area contributed by atoms with E-state index in [0.717, 1.165) is 11.5 Å². The van der Waals surface area contributed by atoms with Crippen LogP contribution in [-0.2, 0) is 0 Å². The molecule has 7 heteroatoms. The number of nitrogens with zero attached hydrogens (tertiary/aromatic N) is 4. The summed E-state index contributed by atoms with van der Waals surface area (Å²) in [7, 11) is 0. The average Bonchev–Trinajstić information content (AvgIpc) is 3.04. The number of amides is 1. The molecule has 6 nitrogen and oxygen atoms in total. The number of benzene rings is 1. The minimum absolute atomic E-state index is 0.298. The van der Waals surface area contributed by atoms with Gasteiger partial charge in [0.05, 0.1) is 11.6 Å². The molecule has 0 radical (unpaired) electrons. The van der Waals surface area contributed by atoms with Crippen molar-refractivity contribution >= 4 is 22.6 Å². The van der Waals surface area contributed by atoms with Crippen LogP contribution in [0.5, 0.6) is 0 Å². The molecule has 3 rings (SSSR count). The fourth-order valence-corrected chi connectivity index (χ4v) is 2.31. The van der Waals surface area contributed by atoms with E-state index in [1.54, 1.807) is 36.5 Å². The number of hydrogen-bond donors (Lipinski definition) is 1. The van der Waals surface area contributed by atoms with Crippen molar-refractivity contribution in [3.05, 3.63) is 59.8 Å². The molecule has 0 spiro atoms. The van der Waals surface area contributed by atoms with Gasteiger partial charge in [0.15, 0.2) is 5.82 Å². The van der Waals surface area contributed by atoms with Gasteiger partial charge in [0.25, 0.3) is 5.91 Å². The van der Waals surface area contributed by atoms with Gasteiger partial charge in [-0.3, -0.25) is 15.1 Å². The van der Waals surface area contributed by atoms with Gasteiger partial charge < -0.3 is 0 Å². The second kappa shape index (κ2) is 6.11. The molecule has 1 amide bonds. The molecule has 3 aromatic rings. The zero-order chi connectivity index (χ0) is 15.4. The third-order valence-corrected chi connectivity index (χ3v) is 3.45. The topological polar surface area (TPSA) is 91.6 Å². The highest BCUT2D eigenvalue weighted by Crippen LogP contribution is 2.19. The van der Waals surface area contributed by atoms with Crippen molar-refractivity contribution in [2.24, 2.45) is 0 Å². The SMILES string of the molecule is N#Cc1ccc(C(=O)Nc2nc(-c3ccccn3)ns2)cc1.